The molecule has 0 radical (unpaired) electrons. The Morgan fingerprint density at radius 1 is 1.58 bits per heavy atom. The predicted molar refractivity (Wildman–Crippen MR) is 50.9 cm³/mol. The maximum absolute atomic E-state index is 9.81. The first-order valence-electron chi connectivity index (χ1n) is 5.06. The molecule has 1 rings (SSSR count). The maximum atomic E-state index is 9.81. The lowest BCUT2D eigenvalue weighted by atomic mass is 9.77. The van der Waals surface area contributed by atoms with Crippen LogP contribution in [-0.4, -0.2) is 17.3 Å². The van der Waals surface area contributed by atoms with Crippen LogP contribution in [0.2, 0.25) is 0 Å². The molecule has 1 aliphatic rings. The highest BCUT2D eigenvalue weighted by molar-refractivity contribution is 4.82. The quantitative estimate of drug-likeness (QED) is 0.678. The van der Waals surface area contributed by atoms with Crippen molar-refractivity contribution in [3.63, 3.8) is 0 Å². The third kappa shape index (κ3) is 3.11. The summed E-state index contributed by atoms with van der Waals surface area (Å²) >= 11 is 0. The first-order valence-corrected chi connectivity index (χ1v) is 5.06. The van der Waals surface area contributed by atoms with E-state index in [1.165, 1.54) is 19.3 Å². The first kappa shape index (κ1) is 10.0. The van der Waals surface area contributed by atoms with Crippen LogP contribution in [0, 0.1) is 5.92 Å². The van der Waals surface area contributed by atoms with Gasteiger partial charge in [0.15, 0.2) is 0 Å². The minimum Gasteiger partial charge on any atom is -0.390 e. The van der Waals surface area contributed by atoms with E-state index in [0.29, 0.717) is 0 Å². The lowest BCUT2D eigenvalue weighted by Gasteiger charge is -2.33. The third-order valence-corrected chi connectivity index (χ3v) is 2.87. The van der Waals surface area contributed by atoms with Gasteiger partial charge in [0, 0.05) is 0 Å². The second-order valence-corrected chi connectivity index (χ2v) is 4.39. The summed E-state index contributed by atoms with van der Waals surface area (Å²) < 4.78 is 0. The second-order valence-electron chi connectivity index (χ2n) is 4.39. The van der Waals surface area contributed by atoms with Gasteiger partial charge in [-0.3, -0.25) is 0 Å². The zero-order valence-electron chi connectivity index (χ0n) is 8.05. The van der Waals surface area contributed by atoms with Crippen molar-refractivity contribution in [3.05, 3.63) is 0 Å². The van der Waals surface area contributed by atoms with Gasteiger partial charge in [0.25, 0.3) is 0 Å². The van der Waals surface area contributed by atoms with E-state index in [-0.39, 0.29) is 0 Å². The number of nitrogens with two attached hydrogens (primary N) is 1. The van der Waals surface area contributed by atoms with Gasteiger partial charge in [-0.15, -0.1) is 0 Å². The number of aliphatic hydroxyl groups is 1. The topological polar surface area (TPSA) is 46.2 Å². The van der Waals surface area contributed by atoms with Gasteiger partial charge >= 0.3 is 0 Å². The summed E-state index contributed by atoms with van der Waals surface area (Å²) in [5.74, 6) is 0.720. The normalized spacial score (nSPS) is 36.8. The van der Waals surface area contributed by atoms with E-state index < -0.39 is 5.60 Å². The SMILES string of the molecule is CC1(O)CCCC(CCCN)C1. The van der Waals surface area contributed by atoms with Crippen LogP contribution in [0.15, 0.2) is 0 Å². The lowest BCUT2D eigenvalue weighted by molar-refractivity contribution is -0.000654. The van der Waals surface area contributed by atoms with E-state index in [9.17, 15) is 5.11 Å². The Kier molecular flexibility index (Phi) is 3.53. The molecule has 0 saturated heterocycles. The van der Waals surface area contributed by atoms with Gasteiger partial charge in [0.1, 0.15) is 0 Å². The minimum atomic E-state index is -0.391. The van der Waals surface area contributed by atoms with Crippen LogP contribution in [0.5, 0.6) is 0 Å². The van der Waals surface area contributed by atoms with Gasteiger partial charge in [-0.05, 0) is 45.1 Å². The fraction of sp³-hybridized carbons (Fsp3) is 1.00. The number of hydrogen-bond donors (Lipinski definition) is 2. The Balaban J connectivity index is 2.26. The molecule has 0 spiro atoms. The highest BCUT2D eigenvalue weighted by atomic mass is 16.3. The zero-order valence-corrected chi connectivity index (χ0v) is 8.05. The van der Waals surface area contributed by atoms with E-state index in [1.807, 2.05) is 6.92 Å². The van der Waals surface area contributed by atoms with Crippen molar-refractivity contribution in [2.45, 2.75) is 51.0 Å². The monoisotopic (exact) mass is 171 g/mol. The van der Waals surface area contributed by atoms with Crippen LogP contribution < -0.4 is 5.73 Å². The summed E-state index contributed by atoms with van der Waals surface area (Å²) in [6, 6.07) is 0. The second kappa shape index (κ2) is 4.24. The third-order valence-electron chi connectivity index (χ3n) is 2.87. The zero-order chi connectivity index (χ0) is 9.03. The Hall–Kier alpha value is -0.0800. The van der Waals surface area contributed by atoms with E-state index in [1.54, 1.807) is 0 Å². The molecule has 0 aromatic rings. The minimum absolute atomic E-state index is 0.391. The predicted octanol–water partition coefficient (Wildman–Crippen LogP) is 1.67. The average Bonchev–Trinajstić information content (AvgIpc) is 1.99. The molecule has 2 nitrogen and oxygen atoms in total. The molecule has 0 amide bonds. The van der Waals surface area contributed by atoms with Crippen LogP contribution in [0.25, 0.3) is 0 Å². The van der Waals surface area contributed by atoms with Gasteiger partial charge in [0.2, 0.25) is 0 Å². The van der Waals surface area contributed by atoms with Crippen molar-refractivity contribution in [1.82, 2.24) is 0 Å². The van der Waals surface area contributed by atoms with Crippen molar-refractivity contribution in [2.75, 3.05) is 6.54 Å². The van der Waals surface area contributed by atoms with Gasteiger partial charge < -0.3 is 10.8 Å². The van der Waals surface area contributed by atoms with E-state index in [2.05, 4.69) is 0 Å². The van der Waals surface area contributed by atoms with Crippen molar-refractivity contribution >= 4 is 0 Å². The molecule has 72 valence electrons. The van der Waals surface area contributed by atoms with Gasteiger partial charge in [-0.2, -0.15) is 0 Å². The van der Waals surface area contributed by atoms with Crippen molar-refractivity contribution in [2.24, 2.45) is 11.7 Å². The highest BCUT2D eigenvalue weighted by Crippen LogP contribution is 2.34. The molecule has 0 aromatic carbocycles. The maximum Gasteiger partial charge on any atom is 0.0622 e. The molecule has 1 aliphatic carbocycles. The van der Waals surface area contributed by atoms with Crippen LogP contribution in [0.4, 0.5) is 0 Å². The van der Waals surface area contributed by atoms with Gasteiger partial charge in [0.05, 0.1) is 5.60 Å². The van der Waals surface area contributed by atoms with Crippen LogP contribution in [0.3, 0.4) is 0 Å². The Bertz CT molecular complexity index is 134. The van der Waals surface area contributed by atoms with Crippen molar-refractivity contribution in [3.8, 4) is 0 Å². The van der Waals surface area contributed by atoms with Crippen LogP contribution in [0.1, 0.15) is 45.4 Å². The molecule has 2 atom stereocenters. The van der Waals surface area contributed by atoms with Crippen LogP contribution >= 0.6 is 0 Å². The Morgan fingerprint density at radius 3 is 2.92 bits per heavy atom. The molecule has 2 heteroatoms. The molecule has 1 fully saturated rings. The van der Waals surface area contributed by atoms with Crippen molar-refractivity contribution in [1.29, 1.82) is 0 Å². The molecule has 3 N–H and O–H groups in total. The number of rotatable bonds is 3. The molecule has 0 aromatic heterocycles. The van der Waals surface area contributed by atoms with E-state index in [0.717, 1.165) is 31.7 Å². The smallest absolute Gasteiger partial charge is 0.0622 e. The Morgan fingerprint density at radius 2 is 2.33 bits per heavy atom. The molecule has 0 bridgehead atoms. The largest absolute Gasteiger partial charge is 0.390 e. The highest BCUT2D eigenvalue weighted by Gasteiger charge is 2.29. The van der Waals surface area contributed by atoms with E-state index >= 15 is 0 Å². The molecular weight excluding hydrogens is 150 g/mol. The molecular formula is C10H21NO. The summed E-state index contributed by atoms with van der Waals surface area (Å²) in [5, 5.41) is 9.81. The summed E-state index contributed by atoms with van der Waals surface area (Å²) in [4.78, 5) is 0. The number of hydrogen-bond acceptors (Lipinski definition) is 2. The molecule has 0 heterocycles. The molecule has 12 heavy (non-hydrogen) atoms. The summed E-state index contributed by atoms with van der Waals surface area (Å²) in [7, 11) is 0. The van der Waals surface area contributed by atoms with Gasteiger partial charge in [-0.25, -0.2) is 0 Å². The molecule has 0 aliphatic heterocycles. The summed E-state index contributed by atoms with van der Waals surface area (Å²) in [6.45, 7) is 2.75. The van der Waals surface area contributed by atoms with Gasteiger partial charge in [-0.1, -0.05) is 12.8 Å². The fourth-order valence-corrected chi connectivity index (χ4v) is 2.25. The average molecular weight is 171 g/mol. The summed E-state index contributed by atoms with van der Waals surface area (Å²) in [5.41, 5.74) is 5.06. The molecule has 1 saturated carbocycles. The fourth-order valence-electron chi connectivity index (χ4n) is 2.25. The van der Waals surface area contributed by atoms with Crippen LogP contribution in [-0.2, 0) is 0 Å². The molecule has 2 unspecified atom stereocenters. The van der Waals surface area contributed by atoms with E-state index in [4.69, 9.17) is 5.73 Å². The Labute approximate surface area is 75.2 Å². The lowest BCUT2D eigenvalue weighted by Crippen LogP contribution is -2.31. The summed E-state index contributed by atoms with van der Waals surface area (Å²) in [6.07, 6.45) is 6.74. The van der Waals surface area contributed by atoms with Crippen molar-refractivity contribution < 1.29 is 5.11 Å². The first-order chi connectivity index (χ1) is 5.64. The standard InChI is InChI=1S/C10H21NO/c1-10(12)6-2-4-9(8-10)5-3-7-11/h9,12H,2-8,11H2,1H3.